The predicted molar refractivity (Wildman–Crippen MR) is 89.7 cm³/mol. The van der Waals surface area contributed by atoms with Crippen LogP contribution in [0.1, 0.15) is 18.4 Å². The summed E-state index contributed by atoms with van der Waals surface area (Å²) in [6.07, 6.45) is 1.64. The van der Waals surface area contributed by atoms with Crippen molar-refractivity contribution in [1.29, 1.82) is 0 Å². The summed E-state index contributed by atoms with van der Waals surface area (Å²) in [7, 11) is 1.57. The van der Waals surface area contributed by atoms with Crippen molar-refractivity contribution in [2.75, 3.05) is 30.5 Å². The van der Waals surface area contributed by atoms with Crippen molar-refractivity contribution < 1.29 is 9.53 Å². The number of hydrogen-bond acceptors (Lipinski definition) is 4. The Morgan fingerprint density at radius 3 is 3.00 bits per heavy atom. The van der Waals surface area contributed by atoms with E-state index in [9.17, 15) is 4.79 Å². The highest BCUT2D eigenvalue weighted by Crippen LogP contribution is 2.30. The minimum Gasteiger partial charge on any atom is -0.495 e. The number of halogens is 1. The van der Waals surface area contributed by atoms with Crippen LogP contribution < -0.4 is 15.4 Å². The fraction of sp³-hybridized carbons (Fsp3) is 0.533. The van der Waals surface area contributed by atoms with E-state index in [1.807, 2.05) is 24.8 Å². The fourth-order valence-corrected chi connectivity index (χ4v) is 3.57. The van der Waals surface area contributed by atoms with Crippen LogP contribution in [0.15, 0.2) is 12.1 Å². The van der Waals surface area contributed by atoms with E-state index in [-0.39, 0.29) is 5.91 Å². The van der Waals surface area contributed by atoms with E-state index < -0.39 is 0 Å². The largest absolute Gasteiger partial charge is 0.495 e. The van der Waals surface area contributed by atoms with Crippen LogP contribution in [0.25, 0.3) is 0 Å². The van der Waals surface area contributed by atoms with Crippen molar-refractivity contribution in [3.05, 3.63) is 22.7 Å². The average molecular weight is 329 g/mol. The van der Waals surface area contributed by atoms with Crippen LogP contribution in [0.2, 0.25) is 5.02 Å². The van der Waals surface area contributed by atoms with Crippen LogP contribution in [0.5, 0.6) is 5.75 Å². The number of carbonyl (C=O) groups is 1. The normalized spacial score (nSPS) is 17.8. The number of hydrogen-bond donors (Lipinski definition) is 2. The highest BCUT2D eigenvalue weighted by Gasteiger charge is 2.15. The molecular formula is C15H21ClN2O2S. The minimum absolute atomic E-state index is 0.0202. The second-order valence-electron chi connectivity index (χ2n) is 5.11. The van der Waals surface area contributed by atoms with Crippen molar-refractivity contribution in [1.82, 2.24) is 5.32 Å². The molecule has 1 atom stereocenters. The molecule has 1 fully saturated rings. The van der Waals surface area contributed by atoms with Crippen LogP contribution in [0.4, 0.5) is 5.69 Å². The third kappa shape index (κ3) is 4.80. The summed E-state index contributed by atoms with van der Waals surface area (Å²) in [6.45, 7) is 2.60. The molecule has 1 aliphatic rings. The summed E-state index contributed by atoms with van der Waals surface area (Å²) in [4.78, 5) is 12.0. The molecule has 6 heteroatoms. The van der Waals surface area contributed by atoms with Crippen molar-refractivity contribution in [2.24, 2.45) is 0 Å². The first-order chi connectivity index (χ1) is 10.1. The Bertz CT molecular complexity index is 505. The molecule has 1 aromatic carbocycles. The predicted octanol–water partition coefficient (Wildman–Crippen LogP) is 3.08. The van der Waals surface area contributed by atoms with Gasteiger partial charge in [-0.15, -0.1) is 0 Å². The van der Waals surface area contributed by atoms with Crippen LogP contribution in [0.3, 0.4) is 0 Å². The Morgan fingerprint density at radius 1 is 1.52 bits per heavy atom. The Balaban J connectivity index is 1.85. The molecule has 1 saturated heterocycles. The summed E-state index contributed by atoms with van der Waals surface area (Å²) in [5, 5.41) is 6.93. The summed E-state index contributed by atoms with van der Waals surface area (Å²) in [5.74, 6) is 2.92. The summed E-state index contributed by atoms with van der Waals surface area (Å²) >= 11 is 8.01. The first kappa shape index (κ1) is 16.5. The third-order valence-electron chi connectivity index (χ3n) is 3.47. The van der Waals surface area contributed by atoms with Gasteiger partial charge in [-0.05, 0) is 30.7 Å². The second-order valence-corrected chi connectivity index (χ2v) is 6.67. The van der Waals surface area contributed by atoms with Gasteiger partial charge in [0.25, 0.3) is 0 Å². The molecule has 0 bridgehead atoms. The van der Waals surface area contributed by atoms with Gasteiger partial charge in [-0.2, -0.15) is 11.8 Å². The average Bonchev–Trinajstić information content (AvgIpc) is 2.96. The lowest BCUT2D eigenvalue weighted by Crippen LogP contribution is -2.31. The summed E-state index contributed by atoms with van der Waals surface area (Å²) < 4.78 is 5.25. The summed E-state index contributed by atoms with van der Waals surface area (Å²) in [6, 6.07) is 4.11. The number of thioether (sulfide) groups is 1. The molecule has 0 saturated carbocycles. The molecule has 116 valence electrons. The van der Waals surface area contributed by atoms with Crippen LogP contribution >= 0.6 is 23.4 Å². The molecule has 0 spiro atoms. The van der Waals surface area contributed by atoms with Crippen LogP contribution in [0, 0.1) is 6.92 Å². The molecule has 0 aromatic heterocycles. The second kappa shape index (κ2) is 7.92. The number of methoxy groups -OCH3 is 1. The zero-order valence-electron chi connectivity index (χ0n) is 12.4. The number of rotatable bonds is 6. The first-order valence-electron chi connectivity index (χ1n) is 7.05. The van der Waals surface area contributed by atoms with Gasteiger partial charge < -0.3 is 15.4 Å². The number of amides is 1. The van der Waals surface area contributed by atoms with Gasteiger partial charge in [0.2, 0.25) is 5.91 Å². The van der Waals surface area contributed by atoms with E-state index in [2.05, 4.69) is 10.6 Å². The van der Waals surface area contributed by atoms with Gasteiger partial charge in [0.05, 0.1) is 12.8 Å². The molecule has 2 N–H and O–H groups in total. The van der Waals surface area contributed by atoms with Crippen molar-refractivity contribution >= 4 is 35.0 Å². The SMILES string of the molecule is COc1cc(Cl)c(C)cc1NC(=O)CCN[C@H]1CCSC1. The van der Waals surface area contributed by atoms with Gasteiger partial charge in [-0.3, -0.25) is 4.79 Å². The number of ether oxygens (including phenoxy) is 1. The smallest absolute Gasteiger partial charge is 0.225 e. The number of nitrogens with one attached hydrogen (secondary N) is 2. The van der Waals surface area contributed by atoms with Gasteiger partial charge >= 0.3 is 0 Å². The molecule has 1 amide bonds. The highest BCUT2D eigenvalue weighted by atomic mass is 35.5. The number of benzene rings is 1. The maximum Gasteiger partial charge on any atom is 0.225 e. The topological polar surface area (TPSA) is 50.4 Å². The van der Waals surface area contributed by atoms with Gasteiger partial charge in [0, 0.05) is 35.8 Å². The molecule has 1 heterocycles. The van der Waals surface area contributed by atoms with E-state index in [4.69, 9.17) is 16.3 Å². The molecule has 1 aliphatic heterocycles. The monoisotopic (exact) mass is 328 g/mol. The Morgan fingerprint density at radius 2 is 2.33 bits per heavy atom. The van der Waals surface area contributed by atoms with Crippen molar-refractivity contribution in [2.45, 2.75) is 25.8 Å². The number of carbonyl (C=O) groups excluding carboxylic acids is 1. The molecule has 1 aromatic rings. The Kier molecular flexibility index (Phi) is 6.21. The third-order valence-corrected chi connectivity index (χ3v) is 5.04. The van der Waals surface area contributed by atoms with E-state index in [0.29, 0.717) is 35.5 Å². The first-order valence-corrected chi connectivity index (χ1v) is 8.58. The zero-order chi connectivity index (χ0) is 15.2. The summed E-state index contributed by atoms with van der Waals surface area (Å²) in [5.41, 5.74) is 1.58. The van der Waals surface area contributed by atoms with Gasteiger partial charge in [0.1, 0.15) is 5.75 Å². The van der Waals surface area contributed by atoms with Crippen LogP contribution in [-0.4, -0.2) is 37.1 Å². The molecule has 4 nitrogen and oxygen atoms in total. The van der Waals surface area contributed by atoms with Gasteiger partial charge in [-0.1, -0.05) is 11.6 Å². The molecule has 0 aliphatic carbocycles. The maximum absolute atomic E-state index is 12.0. The maximum atomic E-state index is 12.0. The molecular weight excluding hydrogens is 308 g/mol. The molecule has 0 radical (unpaired) electrons. The van der Waals surface area contributed by atoms with Crippen molar-refractivity contribution in [3.63, 3.8) is 0 Å². The number of aryl methyl sites for hydroxylation is 1. The highest BCUT2D eigenvalue weighted by molar-refractivity contribution is 7.99. The minimum atomic E-state index is -0.0202. The van der Waals surface area contributed by atoms with E-state index in [0.717, 1.165) is 11.3 Å². The van der Waals surface area contributed by atoms with E-state index >= 15 is 0 Å². The standard InChI is InChI=1S/C15H21ClN2O2S/c1-10-7-13(14(20-2)8-12(10)16)18-15(19)3-5-17-11-4-6-21-9-11/h7-8,11,17H,3-6,9H2,1-2H3,(H,18,19)/t11-/m0/s1. The van der Waals surface area contributed by atoms with Gasteiger partial charge in [0.15, 0.2) is 0 Å². The van der Waals surface area contributed by atoms with E-state index in [1.54, 1.807) is 13.2 Å². The lowest BCUT2D eigenvalue weighted by molar-refractivity contribution is -0.116. The lowest BCUT2D eigenvalue weighted by Gasteiger charge is -2.13. The fourth-order valence-electron chi connectivity index (χ4n) is 2.23. The Labute approximate surface area is 135 Å². The Hall–Kier alpha value is -0.910. The number of anilines is 1. The van der Waals surface area contributed by atoms with Gasteiger partial charge in [-0.25, -0.2) is 0 Å². The zero-order valence-corrected chi connectivity index (χ0v) is 13.9. The quantitative estimate of drug-likeness (QED) is 0.842. The van der Waals surface area contributed by atoms with Crippen molar-refractivity contribution in [3.8, 4) is 5.75 Å². The van der Waals surface area contributed by atoms with E-state index in [1.165, 1.54) is 12.2 Å². The molecule has 2 rings (SSSR count). The van der Waals surface area contributed by atoms with Crippen LogP contribution in [-0.2, 0) is 4.79 Å². The molecule has 21 heavy (non-hydrogen) atoms. The molecule has 0 unspecified atom stereocenters. The lowest BCUT2D eigenvalue weighted by atomic mass is 10.2.